The van der Waals surface area contributed by atoms with E-state index in [1.165, 1.54) is 0 Å². The van der Waals surface area contributed by atoms with Crippen molar-refractivity contribution in [1.29, 1.82) is 5.26 Å². The molecule has 0 bridgehead atoms. The molecule has 1 aromatic carbocycles. The van der Waals surface area contributed by atoms with Gasteiger partial charge in [-0.05, 0) is 23.8 Å². The SMILES string of the molecule is COc1ccc(CNc2cc(Br)ccc2C#N)cn1. The van der Waals surface area contributed by atoms with E-state index in [0.29, 0.717) is 18.0 Å². The van der Waals surface area contributed by atoms with Crippen LogP contribution >= 0.6 is 15.9 Å². The van der Waals surface area contributed by atoms with Crippen LogP contribution in [0.2, 0.25) is 0 Å². The van der Waals surface area contributed by atoms with E-state index in [0.717, 1.165) is 15.7 Å². The van der Waals surface area contributed by atoms with Crippen molar-refractivity contribution in [2.75, 3.05) is 12.4 Å². The van der Waals surface area contributed by atoms with Gasteiger partial charge in [0.2, 0.25) is 5.88 Å². The van der Waals surface area contributed by atoms with Crippen LogP contribution in [0.3, 0.4) is 0 Å². The number of aromatic nitrogens is 1. The van der Waals surface area contributed by atoms with Crippen LogP contribution in [0.15, 0.2) is 41.0 Å². The Labute approximate surface area is 120 Å². The molecule has 1 N–H and O–H groups in total. The Bertz CT molecular complexity index is 605. The van der Waals surface area contributed by atoms with E-state index in [4.69, 9.17) is 10.00 Å². The number of methoxy groups -OCH3 is 1. The normalized spacial score (nSPS) is 9.74. The van der Waals surface area contributed by atoms with Crippen LogP contribution in [0.5, 0.6) is 5.88 Å². The molecule has 0 fully saturated rings. The van der Waals surface area contributed by atoms with Crippen molar-refractivity contribution in [2.24, 2.45) is 0 Å². The second-order valence-electron chi connectivity index (χ2n) is 3.86. The van der Waals surface area contributed by atoms with Crippen LogP contribution in [0.1, 0.15) is 11.1 Å². The smallest absolute Gasteiger partial charge is 0.212 e. The van der Waals surface area contributed by atoms with E-state index in [-0.39, 0.29) is 0 Å². The third-order valence-corrected chi connectivity index (χ3v) is 3.09. The van der Waals surface area contributed by atoms with Gasteiger partial charge in [-0.3, -0.25) is 0 Å². The molecule has 0 spiro atoms. The average molecular weight is 318 g/mol. The van der Waals surface area contributed by atoms with E-state index in [1.807, 2.05) is 24.3 Å². The van der Waals surface area contributed by atoms with Crippen LogP contribution in [0.25, 0.3) is 0 Å². The second kappa shape index (κ2) is 6.21. The fourth-order valence-electron chi connectivity index (χ4n) is 1.59. The van der Waals surface area contributed by atoms with E-state index in [1.54, 1.807) is 19.4 Å². The van der Waals surface area contributed by atoms with Gasteiger partial charge in [0.05, 0.1) is 18.4 Å². The van der Waals surface area contributed by atoms with Crippen LogP contribution in [-0.4, -0.2) is 12.1 Å². The number of benzene rings is 1. The Hall–Kier alpha value is -2.06. The summed E-state index contributed by atoms with van der Waals surface area (Å²) in [5.41, 5.74) is 2.43. The van der Waals surface area contributed by atoms with Gasteiger partial charge in [0, 0.05) is 23.3 Å². The number of halogens is 1. The number of hydrogen-bond acceptors (Lipinski definition) is 4. The number of pyridine rings is 1. The molecule has 0 saturated heterocycles. The predicted molar refractivity (Wildman–Crippen MR) is 77.0 cm³/mol. The monoisotopic (exact) mass is 317 g/mol. The Morgan fingerprint density at radius 1 is 1.37 bits per heavy atom. The minimum atomic E-state index is 0.587. The highest BCUT2D eigenvalue weighted by atomic mass is 79.9. The number of hydrogen-bond donors (Lipinski definition) is 1. The summed E-state index contributed by atoms with van der Waals surface area (Å²) in [7, 11) is 1.58. The molecule has 0 unspecified atom stereocenters. The first-order valence-corrected chi connectivity index (χ1v) is 6.44. The number of nitrogens with zero attached hydrogens (tertiary/aromatic N) is 2. The Balaban J connectivity index is 2.09. The summed E-state index contributed by atoms with van der Waals surface area (Å²) in [5.74, 6) is 0.587. The summed E-state index contributed by atoms with van der Waals surface area (Å²) in [5, 5.41) is 12.3. The van der Waals surface area contributed by atoms with Gasteiger partial charge in [-0.2, -0.15) is 5.26 Å². The van der Waals surface area contributed by atoms with Crippen molar-refractivity contribution in [1.82, 2.24) is 4.98 Å². The summed E-state index contributed by atoms with van der Waals surface area (Å²) in [4.78, 5) is 4.13. The molecule has 2 rings (SSSR count). The largest absolute Gasteiger partial charge is 0.481 e. The highest BCUT2D eigenvalue weighted by molar-refractivity contribution is 9.10. The molecule has 0 amide bonds. The molecule has 0 radical (unpaired) electrons. The van der Waals surface area contributed by atoms with Crippen molar-refractivity contribution in [3.8, 4) is 11.9 Å². The van der Waals surface area contributed by atoms with Crippen LogP contribution in [-0.2, 0) is 6.54 Å². The summed E-state index contributed by atoms with van der Waals surface area (Å²) in [6.07, 6.45) is 1.75. The molecule has 1 heterocycles. The van der Waals surface area contributed by atoms with E-state index in [2.05, 4.69) is 32.3 Å². The minimum absolute atomic E-state index is 0.587. The lowest BCUT2D eigenvalue weighted by Gasteiger charge is -2.09. The van der Waals surface area contributed by atoms with Gasteiger partial charge in [-0.15, -0.1) is 0 Å². The van der Waals surface area contributed by atoms with Gasteiger partial charge in [0.1, 0.15) is 6.07 Å². The quantitative estimate of drug-likeness (QED) is 0.939. The van der Waals surface area contributed by atoms with Gasteiger partial charge < -0.3 is 10.1 Å². The lowest BCUT2D eigenvalue weighted by Crippen LogP contribution is -2.02. The first-order chi connectivity index (χ1) is 9.22. The summed E-state index contributed by atoms with van der Waals surface area (Å²) in [6.45, 7) is 0.599. The molecule has 0 aliphatic carbocycles. The van der Waals surface area contributed by atoms with Crippen molar-refractivity contribution < 1.29 is 4.74 Å². The van der Waals surface area contributed by atoms with Gasteiger partial charge in [0.15, 0.2) is 0 Å². The summed E-state index contributed by atoms with van der Waals surface area (Å²) in [6, 6.07) is 11.4. The topological polar surface area (TPSA) is 57.9 Å². The molecule has 0 aliphatic heterocycles. The fourth-order valence-corrected chi connectivity index (χ4v) is 1.95. The standard InChI is InChI=1S/C14H12BrN3O/c1-19-14-5-2-10(9-18-14)8-17-13-6-12(15)4-3-11(13)7-16/h2-6,9,17H,8H2,1H3. The first kappa shape index (κ1) is 13.4. The zero-order chi connectivity index (χ0) is 13.7. The van der Waals surface area contributed by atoms with Crippen LogP contribution < -0.4 is 10.1 Å². The molecule has 1 aromatic heterocycles. The molecular formula is C14H12BrN3O. The molecule has 0 atom stereocenters. The maximum atomic E-state index is 9.04. The van der Waals surface area contributed by atoms with Gasteiger partial charge in [0.25, 0.3) is 0 Å². The lowest BCUT2D eigenvalue weighted by molar-refractivity contribution is 0.397. The maximum Gasteiger partial charge on any atom is 0.212 e. The highest BCUT2D eigenvalue weighted by Gasteiger charge is 2.03. The molecule has 5 heteroatoms. The zero-order valence-electron chi connectivity index (χ0n) is 10.4. The third-order valence-electron chi connectivity index (χ3n) is 2.59. The van der Waals surface area contributed by atoms with Crippen LogP contribution in [0.4, 0.5) is 5.69 Å². The van der Waals surface area contributed by atoms with Gasteiger partial charge in [-0.1, -0.05) is 22.0 Å². The molecule has 0 aliphatic rings. The van der Waals surface area contributed by atoms with E-state index >= 15 is 0 Å². The van der Waals surface area contributed by atoms with Gasteiger partial charge >= 0.3 is 0 Å². The summed E-state index contributed by atoms with van der Waals surface area (Å²) < 4.78 is 5.94. The summed E-state index contributed by atoms with van der Waals surface area (Å²) >= 11 is 3.39. The minimum Gasteiger partial charge on any atom is -0.481 e. The molecular weight excluding hydrogens is 306 g/mol. The number of rotatable bonds is 4. The molecule has 0 saturated carbocycles. The fraction of sp³-hybridized carbons (Fsp3) is 0.143. The van der Waals surface area contributed by atoms with E-state index in [9.17, 15) is 0 Å². The second-order valence-corrected chi connectivity index (χ2v) is 4.78. The Kier molecular flexibility index (Phi) is 4.37. The number of anilines is 1. The molecule has 2 aromatic rings. The van der Waals surface area contributed by atoms with E-state index < -0.39 is 0 Å². The maximum absolute atomic E-state index is 9.04. The number of ether oxygens (including phenoxy) is 1. The zero-order valence-corrected chi connectivity index (χ0v) is 11.9. The average Bonchev–Trinajstić information content (AvgIpc) is 2.46. The Morgan fingerprint density at radius 2 is 2.21 bits per heavy atom. The van der Waals surface area contributed by atoms with Gasteiger partial charge in [-0.25, -0.2) is 4.98 Å². The molecule has 19 heavy (non-hydrogen) atoms. The highest BCUT2D eigenvalue weighted by Crippen LogP contribution is 2.21. The molecule has 4 nitrogen and oxygen atoms in total. The van der Waals surface area contributed by atoms with Crippen molar-refractivity contribution in [3.63, 3.8) is 0 Å². The Morgan fingerprint density at radius 3 is 2.84 bits per heavy atom. The number of nitriles is 1. The predicted octanol–water partition coefficient (Wildman–Crippen LogP) is 3.34. The third kappa shape index (κ3) is 3.46. The van der Waals surface area contributed by atoms with Crippen molar-refractivity contribution in [2.45, 2.75) is 6.54 Å². The first-order valence-electron chi connectivity index (χ1n) is 5.65. The number of nitrogens with one attached hydrogen (secondary N) is 1. The van der Waals surface area contributed by atoms with Crippen molar-refractivity contribution >= 4 is 21.6 Å². The van der Waals surface area contributed by atoms with Crippen molar-refractivity contribution in [3.05, 3.63) is 52.1 Å². The molecule has 96 valence electrons. The lowest BCUT2D eigenvalue weighted by atomic mass is 10.2. The van der Waals surface area contributed by atoms with Crippen LogP contribution in [0, 0.1) is 11.3 Å².